The predicted molar refractivity (Wildman–Crippen MR) is 153 cm³/mol. The van der Waals surface area contributed by atoms with Gasteiger partial charge >= 0.3 is 5.97 Å². The van der Waals surface area contributed by atoms with Crippen molar-refractivity contribution in [2.24, 2.45) is 4.99 Å². The van der Waals surface area contributed by atoms with E-state index >= 15 is 0 Å². The summed E-state index contributed by atoms with van der Waals surface area (Å²) >= 11 is 6.42. The number of nitriles is 1. The van der Waals surface area contributed by atoms with Crippen molar-refractivity contribution < 1.29 is 24.6 Å². The topological polar surface area (TPSA) is 177 Å². The Labute approximate surface area is 243 Å². The number of carboxylic acids is 1. The van der Waals surface area contributed by atoms with Crippen molar-refractivity contribution in [3.05, 3.63) is 58.4 Å². The maximum atomic E-state index is 12.9. The summed E-state index contributed by atoms with van der Waals surface area (Å²) < 4.78 is 0. The van der Waals surface area contributed by atoms with Gasteiger partial charge in [-0.05, 0) is 42.2 Å². The van der Waals surface area contributed by atoms with Crippen molar-refractivity contribution in [1.82, 2.24) is 15.6 Å². The second-order valence-corrected chi connectivity index (χ2v) is 11.0. The number of pyridine rings is 1. The number of anilines is 1. The summed E-state index contributed by atoms with van der Waals surface area (Å²) in [4.78, 5) is 45.6. The average Bonchev–Trinajstić information content (AvgIpc) is 2.96. The van der Waals surface area contributed by atoms with E-state index < -0.39 is 29.3 Å². The third kappa shape index (κ3) is 8.02. The lowest BCUT2D eigenvalue weighted by Crippen LogP contribution is -2.42. The standard InChI is InChI=1S/C29H33ClN6O5/c30-22-7-18(6-21(11-22)29(17-31)4-2-1-3-5-29)19(10-26(39)40)9-24(37)14-33-27(41)20-8-23(13-32-12-20)36-28-34-15-25(38)16-35-28/h6-8,11-13,19,25,38H,1-5,9-10,14-16H2,(H,33,41)(H,39,40)(H2,34,35,36)/t19-/m0/s1. The first-order valence-electron chi connectivity index (χ1n) is 13.6. The number of aromatic nitrogens is 1. The lowest BCUT2D eigenvalue weighted by atomic mass is 9.70. The van der Waals surface area contributed by atoms with Gasteiger partial charge in [-0.25, -0.2) is 0 Å². The highest BCUT2D eigenvalue weighted by Gasteiger charge is 2.35. The fourth-order valence-electron chi connectivity index (χ4n) is 5.28. The van der Waals surface area contributed by atoms with E-state index in [1.165, 1.54) is 12.4 Å². The Morgan fingerprint density at radius 2 is 1.93 bits per heavy atom. The van der Waals surface area contributed by atoms with Crippen molar-refractivity contribution in [3.8, 4) is 6.07 Å². The third-order valence-corrected chi connectivity index (χ3v) is 7.65. The number of aliphatic imine (C=N–C) groups is 1. The molecule has 2 heterocycles. The SMILES string of the molecule is N#CC1(c2cc(Cl)cc([C@H](CC(=O)O)CC(=O)CNC(=O)c3cncc(NC4=NCC(O)CN4)c3)c2)CCCCC1. The molecule has 1 aromatic carbocycles. The van der Waals surface area contributed by atoms with Crippen LogP contribution < -0.4 is 16.0 Å². The van der Waals surface area contributed by atoms with E-state index in [1.807, 2.05) is 6.07 Å². The number of carboxylic acid groups (broad SMARTS) is 1. The van der Waals surface area contributed by atoms with Gasteiger partial charge in [0.25, 0.3) is 5.91 Å². The number of amides is 1. The van der Waals surface area contributed by atoms with E-state index in [-0.39, 0.29) is 37.3 Å². The second kappa shape index (κ2) is 13.6. The van der Waals surface area contributed by atoms with Crippen LogP contribution in [0.2, 0.25) is 5.02 Å². The van der Waals surface area contributed by atoms with Crippen LogP contribution in [0.25, 0.3) is 0 Å². The maximum Gasteiger partial charge on any atom is 0.303 e. The van der Waals surface area contributed by atoms with Crippen LogP contribution in [-0.4, -0.2) is 64.6 Å². The molecule has 0 bridgehead atoms. The molecule has 0 radical (unpaired) electrons. The first-order chi connectivity index (χ1) is 19.7. The monoisotopic (exact) mass is 580 g/mol. The fourth-order valence-corrected chi connectivity index (χ4v) is 5.52. The van der Waals surface area contributed by atoms with Gasteiger partial charge in [0.15, 0.2) is 11.7 Å². The molecule has 1 fully saturated rings. The zero-order valence-corrected chi connectivity index (χ0v) is 23.3. The number of aliphatic hydroxyl groups excluding tert-OH is 1. The van der Waals surface area contributed by atoms with Gasteiger partial charge in [-0.15, -0.1) is 0 Å². The highest BCUT2D eigenvalue weighted by molar-refractivity contribution is 6.30. The Morgan fingerprint density at radius 1 is 1.15 bits per heavy atom. The fraction of sp³-hybridized carbons (Fsp3) is 0.448. The lowest BCUT2D eigenvalue weighted by molar-refractivity contribution is -0.137. The van der Waals surface area contributed by atoms with Crippen molar-refractivity contribution in [1.29, 1.82) is 5.26 Å². The van der Waals surface area contributed by atoms with Crippen LogP contribution in [-0.2, 0) is 15.0 Å². The minimum atomic E-state index is -1.07. The van der Waals surface area contributed by atoms with Gasteiger partial charge in [0.05, 0.1) is 54.5 Å². The molecule has 12 heteroatoms. The summed E-state index contributed by atoms with van der Waals surface area (Å²) in [6.45, 7) is 0.304. The van der Waals surface area contributed by atoms with Crippen molar-refractivity contribution in [3.63, 3.8) is 0 Å². The van der Waals surface area contributed by atoms with E-state index in [2.05, 4.69) is 32.0 Å². The van der Waals surface area contributed by atoms with Crippen LogP contribution in [0.15, 0.2) is 41.7 Å². The van der Waals surface area contributed by atoms with Crippen LogP contribution in [0.3, 0.4) is 0 Å². The molecule has 41 heavy (non-hydrogen) atoms. The summed E-state index contributed by atoms with van der Waals surface area (Å²) in [5.74, 6) is -2.16. The summed E-state index contributed by atoms with van der Waals surface area (Å²) in [6, 6.07) is 9.24. The molecule has 11 nitrogen and oxygen atoms in total. The summed E-state index contributed by atoms with van der Waals surface area (Å²) in [6.07, 6.45) is 6.22. The van der Waals surface area contributed by atoms with Crippen molar-refractivity contribution in [2.75, 3.05) is 25.0 Å². The Bertz CT molecular complexity index is 1370. The minimum Gasteiger partial charge on any atom is -0.481 e. The molecule has 0 spiro atoms. The Hall–Kier alpha value is -4.01. The number of benzene rings is 1. The van der Waals surface area contributed by atoms with Gasteiger partial charge in [-0.1, -0.05) is 36.9 Å². The first-order valence-corrected chi connectivity index (χ1v) is 14.0. The summed E-state index contributed by atoms with van der Waals surface area (Å²) in [5.41, 5.74) is 1.38. The number of hydrogen-bond acceptors (Lipinski definition) is 9. The molecule has 5 N–H and O–H groups in total. The van der Waals surface area contributed by atoms with Gasteiger partial charge in [0.1, 0.15) is 0 Å². The number of nitrogens with zero attached hydrogens (tertiary/aromatic N) is 3. The van der Waals surface area contributed by atoms with E-state index in [9.17, 15) is 29.9 Å². The van der Waals surface area contributed by atoms with E-state index in [0.29, 0.717) is 41.6 Å². The van der Waals surface area contributed by atoms with E-state index in [0.717, 1.165) is 24.8 Å². The zero-order valence-electron chi connectivity index (χ0n) is 22.5. The molecular formula is C29H33ClN6O5. The van der Waals surface area contributed by atoms with Gasteiger partial charge in [0, 0.05) is 30.1 Å². The van der Waals surface area contributed by atoms with E-state index in [1.54, 1.807) is 18.2 Å². The van der Waals surface area contributed by atoms with Crippen LogP contribution in [0.4, 0.5) is 5.69 Å². The van der Waals surface area contributed by atoms with Crippen LogP contribution >= 0.6 is 11.6 Å². The molecule has 4 rings (SSSR count). The Morgan fingerprint density at radius 3 is 2.61 bits per heavy atom. The molecule has 1 amide bonds. The number of carbonyl (C=O) groups excluding carboxylic acids is 2. The van der Waals surface area contributed by atoms with Gasteiger partial charge < -0.3 is 26.2 Å². The molecule has 0 saturated heterocycles. The number of nitrogens with one attached hydrogen (secondary N) is 3. The average molecular weight is 581 g/mol. The maximum absolute atomic E-state index is 12.9. The Kier molecular flexibility index (Phi) is 9.91. The number of rotatable bonds is 10. The van der Waals surface area contributed by atoms with Crippen molar-refractivity contribution >= 4 is 40.9 Å². The third-order valence-electron chi connectivity index (χ3n) is 7.43. The first kappa shape index (κ1) is 30.0. The van der Waals surface area contributed by atoms with Crippen LogP contribution in [0, 0.1) is 11.3 Å². The predicted octanol–water partition coefficient (Wildman–Crippen LogP) is 3.14. The lowest BCUT2D eigenvalue weighted by Gasteiger charge is -2.32. The van der Waals surface area contributed by atoms with Crippen molar-refractivity contribution in [2.45, 2.75) is 62.4 Å². The van der Waals surface area contributed by atoms with Gasteiger partial charge in [-0.2, -0.15) is 5.26 Å². The number of β-amino-alcohol motifs (C(OH)–C–C–N with tert-alkyl or cyclic N) is 1. The van der Waals surface area contributed by atoms with E-state index in [4.69, 9.17) is 11.6 Å². The smallest absolute Gasteiger partial charge is 0.303 e. The summed E-state index contributed by atoms with van der Waals surface area (Å²) in [5, 5.41) is 38.0. The van der Waals surface area contributed by atoms with Crippen LogP contribution in [0.1, 0.15) is 72.3 Å². The normalized spacial score (nSPS) is 18.7. The molecule has 2 aliphatic rings. The number of aliphatic hydroxyl groups is 1. The molecule has 1 saturated carbocycles. The number of hydrogen-bond donors (Lipinski definition) is 5. The molecule has 2 aromatic rings. The molecule has 216 valence electrons. The molecular weight excluding hydrogens is 548 g/mol. The number of halogens is 1. The van der Waals surface area contributed by atoms with Crippen LogP contribution in [0.5, 0.6) is 0 Å². The number of guanidine groups is 1. The van der Waals surface area contributed by atoms with Gasteiger partial charge in [-0.3, -0.25) is 24.4 Å². The molecule has 1 aromatic heterocycles. The second-order valence-electron chi connectivity index (χ2n) is 10.6. The minimum absolute atomic E-state index is 0.122. The highest BCUT2D eigenvalue weighted by Crippen LogP contribution is 2.41. The molecule has 1 aliphatic heterocycles. The number of Topliss-reactive ketones (excluding diaryl/α,β-unsaturated/α-hetero) is 1. The zero-order chi connectivity index (χ0) is 29.4. The summed E-state index contributed by atoms with van der Waals surface area (Å²) in [7, 11) is 0. The molecule has 2 atom stereocenters. The highest BCUT2D eigenvalue weighted by atomic mass is 35.5. The largest absolute Gasteiger partial charge is 0.481 e. The number of ketones is 1. The van der Waals surface area contributed by atoms with Gasteiger partial charge in [0.2, 0.25) is 0 Å². The Balaban J connectivity index is 1.42. The molecule has 1 aliphatic carbocycles. The number of carbonyl (C=O) groups is 3. The molecule has 1 unspecified atom stereocenters. The number of aliphatic carboxylic acids is 1. The quantitative estimate of drug-likeness (QED) is 0.282.